The van der Waals surface area contributed by atoms with Crippen molar-refractivity contribution in [3.63, 3.8) is 0 Å². The first-order valence-electron chi connectivity index (χ1n) is 2.15. The molecule has 0 spiro atoms. The molecule has 0 unspecified atom stereocenters. The van der Waals surface area contributed by atoms with Crippen LogP contribution in [0.25, 0.3) is 0 Å². The fourth-order valence-electron chi connectivity index (χ4n) is 0.247. The molecule has 0 radical (unpaired) electrons. The van der Waals surface area contributed by atoms with E-state index in [1.54, 1.807) is 7.05 Å². The molecule has 3 N–H and O–H groups in total. The van der Waals surface area contributed by atoms with Crippen LogP contribution in [0.2, 0.25) is 0 Å². The summed E-state index contributed by atoms with van der Waals surface area (Å²) in [5.41, 5.74) is 5.17. The Morgan fingerprint density at radius 2 is 2.12 bits per heavy atom. The quantitative estimate of drug-likeness (QED) is 0.549. The second-order valence-electron chi connectivity index (χ2n) is 1.32. The zero-order valence-electron chi connectivity index (χ0n) is 4.60. The lowest BCUT2D eigenvalue weighted by molar-refractivity contribution is 1.17. The lowest BCUT2D eigenvalue weighted by Gasteiger charge is -1.97. The van der Waals surface area contributed by atoms with E-state index in [-0.39, 0.29) is 0 Å². The third-order valence-corrected chi connectivity index (χ3v) is 1.11. The number of nitrogens with one attached hydrogen (secondary N) is 1. The van der Waals surface area contributed by atoms with Gasteiger partial charge in [0.15, 0.2) is 0 Å². The van der Waals surface area contributed by atoms with Gasteiger partial charge in [0, 0.05) is 13.5 Å². The van der Waals surface area contributed by atoms with E-state index in [0.717, 1.165) is 0 Å². The highest BCUT2D eigenvalue weighted by Gasteiger charge is 1.91. The number of rotatable bonds is 2. The molecule has 0 saturated heterocycles. The molecule has 0 aromatic carbocycles. The minimum Gasteiger partial charge on any atom is -0.393 e. The lowest BCUT2D eigenvalue weighted by atomic mass is 10.4. The molecular weight excluding hydrogens is 140 g/mol. The SMILES string of the molecule is CNC(=S)CC(N)=S. The van der Waals surface area contributed by atoms with Gasteiger partial charge in [0.25, 0.3) is 0 Å². The maximum Gasteiger partial charge on any atom is 0.0818 e. The topological polar surface area (TPSA) is 38.0 Å². The summed E-state index contributed by atoms with van der Waals surface area (Å²) < 4.78 is 0. The number of nitrogens with two attached hydrogens (primary N) is 1. The maximum absolute atomic E-state index is 5.17. The zero-order valence-corrected chi connectivity index (χ0v) is 6.23. The highest BCUT2D eigenvalue weighted by atomic mass is 32.1. The summed E-state index contributed by atoms with van der Waals surface area (Å²) in [5, 5.41) is 2.76. The summed E-state index contributed by atoms with van der Waals surface area (Å²) in [5.74, 6) is 0. The molecule has 0 aromatic rings. The van der Waals surface area contributed by atoms with E-state index in [9.17, 15) is 0 Å². The molecule has 8 heavy (non-hydrogen) atoms. The molecule has 0 aliphatic carbocycles. The summed E-state index contributed by atoms with van der Waals surface area (Å²) >= 11 is 9.34. The molecule has 0 aromatic heterocycles. The molecule has 0 aliphatic heterocycles. The average molecular weight is 148 g/mol. The van der Waals surface area contributed by atoms with Crippen molar-refractivity contribution in [3.8, 4) is 0 Å². The normalized spacial score (nSPS) is 8.12. The Morgan fingerprint density at radius 1 is 1.62 bits per heavy atom. The smallest absolute Gasteiger partial charge is 0.0818 e. The van der Waals surface area contributed by atoms with Crippen molar-refractivity contribution in [2.24, 2.45) is 5.73 Å². The summed E-state index contributed by atoms with van der Waals surface area (Å²) in [7, 11) is 1.75. The van der Waals surface area contributed by atoms with E-state index in [1.807, 2.05) is 0 Å². The van der Waals surface area contributed by atoms with Crippen molar-refractivity contribution in [3.05, 3.63) is 0 Å². The van der Waals surface area contributed by atoms with Crippen molar-refractivity contribution in [1.82, 2.24) is 5.32 Å². The molecule has 46 valence electrons. The van der Waals surface area contributed by atoms with E-state index >= 15 is 0 Å². The van der Waals surface area contributed by atoms with Crippen LogP contribution in [0.5, 0.6) is 0 Å². The van der Waals surface area contributed by atoms with Gasteiger partial charge >= 0.3 is 0 Å². The van der Waals surface area contributed by atoms with Gasteiger partial charge in [-0.2, -0.15) is 0 Å². The lowest BCUT2D eigenvalue weighted by Crippen LogP contribution is -2.22. The molecule has 0 fully saturated rings. The van der Waals surface area contributed by atoms with Crippen LogP contribution in [-0.4, -0.2) is 17.0 Å². The molecule has 0 atom stereocenters. The number of hydrogen-bond acceptors (Lipinski definition) is 2. The van der Waals surface area contributed by atoms with Gasteiger partial charge in [-0.25, -0.2) is 0 Å². The van der Waals surface area contributed by atoms with Crippen LogP contribution in [0.3, 0.4) is 0 Å². The van der Waals surface area contributed by atoms with Crippen molar-refractivity contribution in [2.45, 2.75) is 6.42 Å². The van der Waals surface area contributed by atoms with Gasteiger partial charge in [0.2, 0.25) is 0 Å². The Balaban J connectivity index is 3.40. The summed E-state index contributed by atoms with van der Waals surface area (Å²) in [4.78, 5) is 1.13. The Hall–Kier alpha value is -0.220. The molecule has 0 amide bonds. The zero-order chi connectivity index (χ0) is 6.57. The standard InChI is InChI=1S/C4H8N2S2/c1-6-4(8)2-3(5)7/h2H2,1H3,(H2,5,7)(H,6,8). The fourth-order valence-corrected chi connectivity index (χ4v) is 0.638. The van der Waals surface area contributed by atoms with E-state index in [1.165, 1.54) is 0 Å². The molecule has 0 saturated carbocycles. The van der Waals surface area contributed by atoms with Crippen molar-refractivity contribution >= 4 is 34.4 Å². The highest BCUT2D eigenvalue weighted by Crippen LogP contribution is 1.80. The van der Waals surface area contributed by atoms with Crippen LogP contribution in [0.15, 0.2) is 0 Å². The summed E-state index contributed by atoms with van der Waals surface area (Å²) in [6.45, 7) is 0. The highest BCUT2D eigenvalue weighted by molar-refractivity contribution is 7.82. The minimum atomic E-state index is 0.435. The Labute approximate surface area is 59.4 Å². The second kappa shape index (κ2) is 3.74. The third kappa shape index (κ3) is 3.95. The minimum absolute atomic E-state index is 0.435. The van der Waals surface area contributed by atoms with Crippen LogP contribution in [0.1, 0.15) is 6.42 Å². The fraction of sp³-hybridized carbons (Fsp3) is 0.500. The summed E-state index contributed by atoms with van der Waals surface area (Å²) in [6, 6.07) is 0. The first kappa shape index (κ1) is 7.78. The Bertz CT molecular complexity index is 111. The Morgan fingerprint density at radius 3 is 2.25 bits per heavy atom. The van der Waals surface area contributed by atoms with E-state index in [4.69, 9.17) is 18.0 Å². The van der Waals surface area contributed by atoms with Gasteiger partial charge in [-0.1, -0.05) is 24.4 Å². The maximum atomic E-state index is 5.17. The molecular formula is C4H8N2S2. The van der Waals surface area contributed by atoms with Crippen molar-refractivity contribution in [2.75, 3.05) is 7.05 Å². The monoisotopic (exact) mass is 148 g/mol. The third-order valence-electron chi connectivity index (χ3n) is 0.614. The van der Waals surface area contributed by atoms with Crippen LogP contribution >= 0.6 is 24.4 Å². The molecule has 2 nitrogen and oxygen atoms in total. The van der Waals surface area contributed by atoms with Gasteiger partial charge in [0.05, 0.1) is 9.98 Å². The van der Waals surface area contributed by atoms with Gasteiger partial charge in [-0.15, -0.1) is 0 Å². The molecule has 0 rings (SSSR count). The second-order valence-corrected chi connectivity index (χ2v) is 2.33. The van der Waals surface area contributed by atoms with Crippen LogP contribution < -0.4 is 11.1 Å². The molecule has 0 aliphatic rings. The van der Waals surface area contributed by atoms with E-state index in [0.29, 0.717) is 16.4 Å². The van der Waals surface area contributed by atoms with E-state index in [2.05, 4.69) is 17.5 Å². The van der Waals surface area contributed by atoms with Gasteiger partial charge in [-0.05, 0) is 0 Å². The van der Waals surface area contributed by atoms with Crippen LogP contribution in [-0.2, 0) is 0 Å². The largest absolute Gasteiger partial charge is 0.393 e. The molecule has 0 bridgehead atoms. The summed E-state index contributed by atoms with van der Waals surface area (Å²) in [6.07, 6.45) is 0.515. The number of hydrogen-bond donors (Lipinski definition) is 2. The van der Waals surface area contributed by atoms with Crippen LogP contribution in [0, 0.1) is 0 Å². The Kier molecular flexibility index (Phi) is 3.64. The molecule has 4 heteroatoms. The van der Waals surface area contributed by atoms with Crippen molar-refractivity contribution in [1.29, 1.82) is 0 Å². The van der Waals surface area contributed by atoms with Crippen LogP contribution in [0.4, 0.5) is 0 Å². The predicted molar refractivity (Wildman–Crippen MR) is 43.1 cm³/mol. The first-order valence-corrected chi connectivity index (χ1v) is 2.97. The van der Waals surface area contributed by atoms with Gasteiger partial charge in [-0.3, -0.25) is 0 Å². The van der Waals surface area contributed by atoms with E-state index < -0.39 is 0 Å². The van der Waals surface area contributed by atoms with Crippen molar-refractivity contribution < 1.29 is 0 Å². The van der Waals surface area contributed by atoms with Gasteiger partial charge < -0.3 is 11.1 Å². The predicted octanol–water partition coefficient (Wildman–Crippen LogP) is 0.209. The first-order chi connectivity index (χ1) is 3.66. The number of thiocarbonyl (C=S) groups is 2. The average Bonchev–Trinajstić information content (AvgIpc) is 1.65. The van der Waals surface area contributed by atoms with Gasteiger partial charge in [0.1, 0.15) is 0 Å². The molecule has 0 heterocycles.